The SMILES string of the molecule is CCNC(=NCC1(c2ccc(Cl)cc2)CC1)N1CCN(C(=O)C2CCCO2)CC1. The molecule has 1 atom stereocenters. The van der Waals surface area contributed by atoms with Crippen LogP contribution >= 0.6 is 11.6 Å². The molecule has 1 amide bonds. The van der Waals surface area contributed by atoms with Gasteiger partial charge in [-0.15, -0.1) is 0 Å². The zero-order valence-electron chi connectivity index (χ0n) is 17.2. The van der Waals surface area contributed by atoms with Crippen LogP contribution in [-0.2, 0) is 14.9 Å². The number of nitrogens with one attached hydrogen (secondary N) is 1. The predicted octanol–water partition coefficient (Wildman–Crippen LogP) is 2.66. The van der Waals surface area contributed by atoms with Crippen LogP contribution < -0.4 is 5.32 Å². The number of hydrogen-bond donors (Lipinski definition) is 1. The summed E-state index contributed by atoms with van der Waals surface area (Å²) in [6, 6.07) is 8.20. The third kappa shape index (κ3) is 4.69. The van der Waals surface area contributed by atoms with Crippen molar-refractivity contribution in [2.75, 3.05) is 45.9 Å². The van der Waals surface area contributed by atoms with Gasteiger partial charge in [0.25, 0.3) is 5.91 Å². The Labute approximate surface area is 178 Å². The van der Waals surface area contributed by atoms with Crippen molar-refractivity contribution in [2.45, 2.75) is 44.1 Å². The van der Waals surface area contributed by atoms with E-state index in [9.17, 15) is 4.79 Å². The topological polar surface area (TPSA) is 57.2 Å². The normalized spacial score (nSPS) is 23.9. The lowest BCUT2D eigenvalue weighted by Crippen LogP contribution is -2.55. The number of hydrogen-bond acceptors (Lipinski definition) is 3. The summed E-state index contributed by atoms with van der Waals surface area (Å²) in [5.74, 6) is 1.11. The molecule has 1 aliphatic carbocycles. The Morgan fingerprint density at radius 2 is 1.90 bits per heavy atom. The Kier molecular flexibility index (Phi) is 6.30. The lowest BCUT2D eigenvalue weighted by molar-refractivity contribution is -0.142. The molecule has 0 aromatic heterocycles. The second kappa shape index (κ2) is 8.92. The summed E-state index contributed by atoms with van der Waals surface area (Å²) in [7, 11) is 0. The van der Waals surface area contributed by atoms with Crippen LogP contribution in [0.1, 0.15) is 38.2 Å². The van der Waals surface area contributed by atoms with Crippen molar-refractivity contribution in [3.05, 3.63) is 34.9 Å². The number of carbonyl (C=O) groups is 1. The van der Waals surface area contributed by atoms with Crippen LogP contribution in [0.4, 0.5) is 0 Å². The molecule has 3 fully saturated rings. The molecule has 3 aliphatic rings. The van der Waals surface area contributed by atoms with Gasteiger partial charge in [0.15, 0.2) is 5.96 Å². The molecule has 4 rings (SSSR count). The first-order valence-corrected chi connectivity index (χ1v) is 11.2. The van der Waals surface area contributed by atoms with E-state index in [1.54, 1.807) is 0 Å². The zero-order chi connectivity index (χ0) is 20.3. The Morgan fingerprint density at radius 3 is 2.48 bits per heavy atom. The highest BCUT2D eigenvalue weighted by molar-refractivity contribution is 6.30. The minimum atomic E-state index is -0.224. The summed E-state index contributed by atoms with van der Waals surface area (Å²) in [5.41, 5.74) is 1.48. The number of rotatable bonds is 5. The average molecular weight is 419 g/mol. The molecule has 158 valence electrons. The van der Waals surface area contributed by atoms with Crippen molar-refractivity contribution in [3.8, 4) is 0 Å². The molecule has 0 spiro atoms. The van der Waals surface area contributed by atoms with Crippen LogP contribution in [0.5, 0.6) is 0 Å². The molecule has 1 aromatic carbocycles. The highest BCUT2D eigenvalue weighted by Gasteiger charge is 2.44. The maximum absolute atomic E-state index is 12.6. The van der Waals surface area contributed by atoms with Crippen molar-refractivity contribution >= 4 is 23.5 Å². The van der Waals surface area contributed by atoms with Gasteiger partial charge in [0, 0.05) is 49.8 Å². The van der Waals surface area contributed by atoms with Crippen molar-refractivity contribution in [1.29, 1.82) is 0 Å². The van der Waals surface area contributed by atoms with Crippen molar-refractivity contribution in [3.63, 3.8) is 0 Å². The van der Waals surface area contributed by atoms with Crippen LogP contribution in [0.3, 0.4) is 0 Å². The first kappa shape index (κ1) is 20.5. The van der Waals surface area contributed by atoms with E-state index in [0.29, 0.717) is 6.61 Å². The maximum atomic E-state index is 12.6. The second-order valence-corrected chi connectivity index (χ2v) is 8.71. The molecule has 0 radical (unpaired) electrons. The van der Waals surface area contributed by atoms with E-state index in [0.717, 1.165) is 63.1 Å². The number of piperazine rings is 1. The largest absolute Gasteiger partial charge is 0.368 e. The summed E-state index contributed by atoms with van der Waals surface area (Å²) in [5, 5.41) is 4.21. The highest BCUT2D eigenvalue weighted by Crippen LogP contribution is 2.48. The molecule has 7 heteroatoms. The van der Waals surface area contributed by atoms with E-state index < -0.39 is 0 Å². The minimum absolute atomic E-state index is 0.156. The molecule has 0 bridgehead atoms. The van der Waals surface area contributed by atoms with E-state index in [1.807, 2.05) is 17.0 Å². The van der Waals surface area contributed by atoms with Gasteiger partial charge in [0.05, 0.1) is 6.54 Å². The monoisotopic (exact) mass is 418 g/mol. The summed E-state index contributed by atoms with van der Waals surface area (Å²) < 4.78 is 5.56. The molecule has 2 heterocycles. The van der Waals surface area contributed by atoms with E-state index in [2.05, 4.69) is 29.3 Å². The van der Waals surface area contributed by atoms with Crippen LogP contribution in [-0.4, -0.2) is 73.6 Å². The molecule has 1 saturated carbocycles. The predicted molar refractivity (Wildman–Crippen MR) is 115 cm³/mol. The summed E-state index contributed by atoms with van der Waals surface area (Å²) in [6.07, 6.45) is 3.96. The van der Waals surface area contributed by atoms with E-state index >= 15 is 0 Å². The first-order chi connectivity index (χ1) is 14.1. The summed E-state index contributed by atoms with van der Waals surface area (Å²) >= 11 is 6.05. The zero-order valence-corrected chi connectivity index (χ0v) is 18.0. The average Bonchev–Trinajstić information content (AvgIpc) is 3.33. The van der Waals surface area contributed by atoms with Crippen LogP contribution in [0.25, 0.3) is 0 Å². The molecule has 2 aliphatic heterocycles. The molecule has 1 unspecified atom stereocenters. The molecular formula is C22H31ClN4O2. The standard InChI is InChI=1S/C22H31ClN4O2/c1-2-24-21(25-16-22(9-10-22)17-5-7-18(23)8-6-17)27-13-11-26(12-14-27)20(28)19-4-3-15-29-19/h5-8,19H,2-4,9-16H2,1H3,(H,24,25). The molecular weight excluding hydrogens is 388 g/mol. The summed E-state index contributed by atoms with van der Waals surface area (Å²) in [4.78, 5) is 21.8. The number of aliphatic imine (C=N–C) groups is 1. The van der Waals surface area contributed by atoms with E-state index in [4.69, 9.17) is 21.3 Å². The van der Waals surface area contributed by atoms with Crippen molar-refractivity contribution in [1.82, 2.24) is 15.1 Å². The number of nitrogens with zero attached hydrogens (tertiary/aromatic N) is 3. The Morgan fingerprint density at radius 1 is 1.21 bits per heavy atom. The fraction of sp³-hybridized carbons (Fsp3) is 0.636. The summed E-state index contributed by atoms with van der Waals surface area (Å²) in [6.45, 7) is 7.49. The van der Waals surface area contributed by atoms with Crippen molar-refractivity contribution in [2.24, 2.45) is 4.99 Å². The molecule has 6 nitrogen and oxygen atoms in total. The van der Waals surface area contributed by atoms with E-state index in [-0.39, 0.29) is 17.4 Å². The first-order valence-electron chi connectivity index (χ1n) is 10.8. The van der Waals surface area contributed by atoms with Crippen LogP contribution in [0.2, 0.25) is 5.02 Å². The van der Waals surface area contributed by atoms with Gasteiger partial charge in [-0.05, 0) is 50.3 Å². The van der Waals surface area contributed by atoms with Gasteiger partial charge in [-0.2, -0.15) is 0 Å². The van der Waals surface area contributed by atoms with Gasteiger partial charge in [0.1, 0.15) is 6.10 Å². The van der Waals surface area contributed by atoms with Gasteiger partial charge in [0.2, 0.25) is 0 Å². The van der Waals surface area contributed by atoms with Crippen molar-refractivity contribution < 1.29 is 9.53 Å². The van der Waals surface area contributed by atoms with Gasteiger partial charge >= 0.3 is 0 Å². The lowest BCUT2D eigenvalue weighted by Gasteiger charge is -2.37. The smallest absolute Gasteiger partial charge is 0.251 e. The fourth-order valence-electron chi connectivity index (χ4n) is 4.26. The van der Waals surface area contributed by atoms with Gasteiger partial charge in [-0.1, -0.05) is 23.7 Å². The number of guanidine groups is 1. The minimum Gasteiger partial charge on any atom is -0.368 e. The number of benzene rings is 1. The van der Waals surface area contributed by atoms with Gasteiger partial charge < -0.3 is 19.9 Å². The lowest BCUT2D eigenvalue weighted by atomic mass is 9.96. The van der Waals surface area contributed by atoms with E-state index in [1.165, 1.54) is 18.4 Å². The fourth-order valence-corrected chi connectivity index (χ4v) is 4.39. The molecule has 1 N–H and O–H groups in total. The third-order valence-corrected chi connectivity index (χ3v) is 6.52. The maximum Gasteiger partial charge on any atom is 0.251 e. The Hall–Kier alpha value is -1.79. The molecule has 2 saturated heterocycles. The number of ether oxygens (including phenoxy) is 1. The Balaban J connectivity index is 1.36. The van der Waals surface area contributed by atoms with Gasteiger partial charge in [-0.3, -0.25) is 9.79 Å². The number of carbonyl (C=O) groups excluding carboxylic acids is 1. The van der Waals surface area contributed by atoms with Gasteiger partial charge in [-0.25, -0.2) is 0 Å². The van der Waals surface area contributed by atoms with Crippen LogP contribution in [0.15, 0.2) is 29.3 Å². The number of amides is 1. The quantitative estimate of drug-likeness (QED) is 0.590. The Bertz CT molecular complexity index is 734. The van der Waals surface area contributed by atoms with Crippen LogP contribution in [0, 0.1) is 0 Å². The third-order valence-electron chi connectivity index (χ3n) is 6.27. The molecule has 29 heavy (non-hydrogen) atoms. The molecule has 1 aromatic rings. The highest BCUT2D eigenvalue weighted by atomic mass is 35.5. The second-order valence-electron chi connectivity index (χ2n) is 8.27. The number of halogens is 1.